The molecule has 0 radical (unpaired) electrons. The predicted molar refractivity (Wildman–Crippen MR) is 29.2 cm³/mol. The van der Waals surface area contributed by atoms with Gasteiger partial charge in [-0.3, -0.25) is 9.11 Å². The van der Waals surface area contributed by atoms with Crippen LogP contribution in [0.4, 0.5) is 0 Å². The van der Waals surface area contributed by atoms with E-state index in [1.165, 1.54) is 0 Å². The molecule has 0 amide bonds. The van der Waals surface area contributed by atoms with Gasteiger partial charge in [-0.25, -0.2) is 0 Å². The second kappa shape index (κ2) is 3.23. The molecule has 0 fully saturated rings. The van der Waals surface area contributed by atoms with Crippen LogP contribution < -0.4 is 6.15 Å². The lowest BCUT2D eigenvalue weighted by molar-refractivity contribution is 0.344. The Labute approximate surface area is 57.3 Å². The fourth-order valence-corrected chi connectivity index (χ4v) is 0.978. The maximum Gasteiger partial charge on any atom is 0.413 e. The van der Waals surface area contributed by atoms with Crippen LogP contribution in [-0.4, -0.2) is 25.9 Å². The maximum absolute atomic E-state index is 9.44. The second-order valence-electron chi connectivity index (χ2n) is 0.924. The molecule has 0 spiro atoms. The molecule has 0 saturated heterocycles. The van der Waals surface area contributed by atoms with Gasteiger partial charge in [0.05, 0.1) is 0 Å². The van der Waals surface area contributed by atoms with Crippen molar-refractivity contribution in [3.05, 3.63) is 0 Å². The van der Waals surface area contributed by atoms with Crippen molar-refractivity contribution in [2.75, 3.05) is 0 Å². The van der Waals surface area contributed by atoms with Crippen LogP contribution in [0, 0.1) is 0 Å². The minimum atomic E-state index is -5.12. The van der Waals surface area contributed by atoms with Crippen LogP contribution in [0.2, 0.25) is 0 Å². The van der Waals surface area contributed by atoms with E-state index in [2.05, 4.69) is 3.63 Å². The summed E-state index contributed by atoms with van der Waals surface area (Å²) in [4.78, 5) is 0. The summed E-state index contributed by atoms with van der Waals surface area (Å²) in [6.45, 7) is 0. The molecule has 0 saturated carbocycles. The van der Waals surface area contributed by atoms with Crippen molar-refractivity contribution in [2.24, 2.45) is 0 Å². The highest BCUT2D eigenvalue weighted by molar-refractivity contribution is 7.94. The Hall–Kier alpha value is -0.260. The van der Waals surface area contributed by atoms with Gasteiger partial charge < -0.3 is 6.15 Å². The molecule has 0 aliphatic carbocycles. The molecule has 0 aromatic rings. The van der Waals surface area contributed by atoms with E-state index in [1.807, 2.05) is 0 Å². The number of hydrogen-bond acceptors (Lipinski definition) is 6. The van der Waals surface area contributed by atoms with Crippen molar-refractivity contribution in [1.82, 2.24) is 6.15 Å². The first-order valence-electron chi connectivity index (χ1n) is 1.37. The molecule has 0 aliphatic rings. The van der Waals surface area contributed by atoms with Gasteiger partial charge in [0, 0.05) is 0 Å². The zero-order valence-corrected chi connectivity index (χ0v) is 6.09. The molecule has 0 rings (SSSR count). The van der Waals surface area contributed by atoms with Crippen LogP contribution in [0.5, 0.6) is 0 Å². The normalized spacial score (nSPS) is 12.2. The lowest BCUT2D eigenvalue weighted by atomic mass is 14.0. The van der Waals surface area contributed by atoms with Gasteiger partial charge in [-0.1, -0.05) is 0 Å². The van der Waals surface area contributed by atoms with Crippen LogP contribution in [-0.2, 0) is 24.4 Å². The first-order valence-corrected chi connectivity index (χ1v) is 4.10. The summed E-state index contributed by atoms with van der Waals surface area (Å²) >= 11 is 0. The van der Waals surface area contributed by atoms with Crippen molar-refractivity contribution in [3.63, 3.8) is 0 Å². The average Bonchev–Trinajstić information content (AvgIpc) is 1.14. The Morgan fingerprint density at radius 1 is 0.900 bits per heavy atom. The molecule has 0 aromatic carbocycles. The Kier molecular flexibility index (Phi) is 4.01. The summed E-state index contributed by atoms with van der Waals surface area (Å²) in [5.41, 5.74) is 0. The summed E-state index contributed by atoms with van der Waals surface area (Å²) < 4.78 is 55.6. The Bertz CT molecular complexity index is 237. The van der Waals surface area contributed by atoms with E-state index >= 15 is 0 Å². The predicted octanol–water partition coefficient (Wildman–Crippen LogP) is -1.23. The minimum Gasteiger partial charge on any atom is -0.344 e. The van der Waals surface area contributed by atoms with Gasteiger partial charge in [-0.05, 0) is 0 Å². The molecule has 0 aliphatic heterocycles. The molecular formula is H5NO7S2. The Morgan fingerprint density at radius 2 is 1.10 bits per heavy atom. The highest BCUT2D eigenvalue weighted by Crippen LogP contribution is 1.91. The largest absolute Gasteiger partial charge is 0.413 e. The van der Waals surface area contributed by atoms with Crippen molar-refractivity contribution in [3.8, 4) is 0 Å². The molecule has 64 valence electrons. The van der Waals surface area contributed by atoms with Crippen LogP contribution in [0.15, 0.2) is 0 Å². The van der Waals surface area contributed by atoms with E-state index in [0.717, 1.165) is 0 Å². The smallest absolute Gasteiger partial charge is 0.344 e. The van der Waals surface area contributed by atoms with Gasteiger partial charge in [0.15, 0.2) is 0 Å². The average molecular weight is 195 g/mol. The molecule has 10 heavy (non-hydrogen) atoms. The van der Waals surface area contributed by atoms with E-state index in [-0.39, 0.29) is 6.15 Å². The highest BCUT2D eigenvalue weighted by atomic mass is 32.3. The van der Waals surface area contributed by atoms with Crippen LogP contribution in [0.25, 0.3) is 0 Å². The molecule has 0 heterocycles. The van der Waals surface area contributed by atoms with Gasteiger partial charge in [-0.2, -0.15) is 16.8 Å². The first kappa shape index (κ1) is 12.4. The van der Waals surface area contributed by atoms with E-state index in [4.69, 9.17) is 9.11 Å². The lowest BCUT2D eigenvalue weighted by Gasteiger charge is -1.89. The number of hydrogen-bond donors (Lipinski definition) is 3. The minimum absolute atomic E-state index is 0. The summed E-state index contributed by atoms with van der Waals surface area (Å²) in [7, 11) is -10.2. The maximum atomic E-state index is 9.44. The molecule has 10 heteroatoms. The SMILES string of the molecule is N.O=S(=O)(O)OS(=O)(=O)O. The Balaban J connectivity index is 0. The standard InChI is InChI=1S/H3N.H2O7S2/c;1-8(2,3)7-9(4,5)6/h1H3;(H,1,2,3)(H,4,5,6). The molecule has 0 atom stereocenters. The zero-order chi connectivity index (χ0) is 7.71. The van der Waals surface area contributed by atoms with Gasteiger partial charge in [-0.15, -0.1) is 3.63 Å². The third-order valence-electron chi connectivity index (χ3n) is 0.172. The first-order chi connectivity index (χ1) is 3.71. The molecular weight excluding hydrogens is 190 g/mol. The molecule has 0 aromatic heterocycles. The fraction of sp³-hybridized carbons (Fsp3) is 0. The van der Waals surface area contributed by atoms with E-state index < -0.39 is 20.8 Å². The molecule has 8 nitrogen and oxygen atoms in total. The number of rotatable bonds is 2. The van der Waals surface area contributed by atoms with E-state index in [1.54, 1.807) is 0 Å². The zero-order valence-electron chi connectivity index (χ0n) is 4.46. The van der Waals surface area contributed by atoms with Crippen molar-refractivity contribution < 1.29 is 29.6 Å². The molecule has 0 unspecified atom stereocenters. The second-order valence-corrected chi connectivity index (χ2v) is 3.18. The summed E-state index contributed by atoms with van der Waals surface area (Å²) in [6, 6.07) is 0. The van der Waals surface area contributed by atoms with Gasteiger partial charge in [0.25, 0.3) is 0 Å². The highest BCUT2D eigenvalue weighted by Gasteiger charge is 2.15. The van der Waals surface area contributed by atoms with Crippen molar-refractivity contribution in [1.29, 1.82) is 0 Å². The summed E-state index contributed by atoms with van der Waals surface area (Å²) in [5, 5.41) is 0. The van der Waals surface area contributed by atoms with Gasteiger partial charge in [0.1, 0.15) is 0 Å². The van der Waals surface area contributed by atoms with Crippen molar-refractivity contribution in [2.45, 2.75) is 0 Å². The van der Waals surface area contributed by atoms with E-state index in [9.17, 15) is 16.8 Å². The van der Waals surface area contributed by atoms with Crippen LogP contribution in [0.1, 0.15) is 0 Å². The van der Waals surface area contributed by atoms with Gasteiger partial charge in [0.2, 0.25) is 0 Å². The lowest BCUT2D eigenvalue weighted by Crippen LogP contribution is -2.10. The molecule has 5 N–H and O–H groups in total. The summed E-state index contributed by atoms with van der Waals surface area (Å²) in [5.74, 6) is 0. The monoisotopic (exact) mass is 195 g/mol. The van der Waals surface area contributed by atoms with Crippen molar-refractivity contribution >= 4 is 20.8 Å². The third kappa shape index (κ3) is 10.7. The molecule has 0 bridgehead atoms. The third-order valence-corrected chi connectivity index (χ3v) is 1.55. The van der Waals surface area contributed by atoms with Crippen LogP contribution in [0.3, 0.4) is 0 Å². The quantitative estimate of drug-likeness (QED) is 0.463. The van der Waals surface area contributed by atoms with Gasteiger partial charge >= 0.3 is 20.8 Å². The fourth-order valence-electron chi connectivity index (χ4n) is 0.109. The van der Waals surface area contributed by atoms with E-state index in [0.29, 0.717) is 0 Å². The van der Waals surface area contributed by atoms with Crippen LogP contribution >= 0.6 is 0 Å². The topological polar surface area (TPSA) is 153 Å². The Morgan fingerprint density at radius 3 is 1.10 bits per heavy atom. The summed E-state index contributed by atoms with van der Waals surface area (Å²) in [6.07, 6.45) is 0.